The van der Waals surface area contributed by atoms with Crippen LogP contribution in [0.3, 0.4) is 0 Å². The topological polar surface area (TPSA) is 111 Å². The zero-order chi connectivity index (χ0) is 24.2. The molecule has 0 aliphatic carbocycles. The average molecular weight is 461 g/mol. The van der Waals surface area contributed by atoms with Gasteiger partial charge in [0.15, 0.2) is 11.5 Å². The number of anilines is 1. The number of nitrogens with one attached hydrogen (secondary N) is 1. The van der Waals surface area contributed by atoms with E-state index in [0.717, 1.165) is 5.56 Å². The van der Waals surface area contributed by atoms with Crippen LogP contribution in [0.4, 0.5) is 11.4 Å². The van der Waals surface area contributed by atoms with Gasteiger partial charge < -0.3 is 19.7 Å². The summed E-state index contributed by atoms with van der Waals surface area (Å²) in [5.41, 5.74) is 2.37. The number of nitrogens with zero attached hydrogens (tertiary/aromatic N) is 2. The highest BCUT2D eigenvalue weighted by Gasteiger charge is 2.35. The Kier molecular flexibility index (Phi) is 6.44. The number of ether oxygens (including phenoxy) is 2. The minimum atomic E-state index is -0.599. The van der Waals surface area contributed by atoms with Crippen LogP contribution >= 0.6 is 0 Å². The summed E-state index contributed by atoms with van der Waals surface area (Å²) >= 11 is 0. The first kappa shape index (κ1) is 22.8. The third kappa shape index (κ3) is 4.54. The minimum absolute atomic E-state index is 0.0576. The molecule has 0 saturated heterocycles. The number of methoxy groups -OCH3 is 2. The van der Waals surface area contributed by atoms with E-state index in [1.807, 2.05) is 12.1 Å². The van der Waals surface area contributed by atoms with Crippen molar-refractivity contribution >= 4 is 23.2 Å². The molecule has 3 aromatic rings. The van der Waals surface area contributed by atoms with Gasteiger partial charge in [-0.05, 0) is 35.4 Å². The maximum atomic E-state index is 13.2. The van der Waals surface area contributed by atoms with Gasteiger partial charge >= 0.3 is 0 Å². The number of benzene rings is 3. The van der Waals surface area contributed by atoms with Gasteiger partial charge in [-0.25, -0.2) is 0 Å². The van der Waals surface area contributed by atoms with Crippen molar-refractivity contribution in [3.8, 4) is 11.5 Å². The second-order valence-electron chi connectivity index (χ2n) is 7.78. The fraction of sp³-hybridized carbons (Fsp3) is 0.200. The average Bonchev–Trinajstić information content (AvgIpc) is 3.18. The summed E-state index contributed by atoms with van der Waals surface area (Å²) in [7, 11) is 3.05. The Balaban J connectivity index is 1.65. The molecule has 2 amide bonds. The summed E-state index contributed by atoms with van der Waals surface area (Å²) < 4.78 is 10.7. The largest absolute Gasteiger partial charge is 0.493 e. The Labute approximate surface area is 196 Å². The number of carbonyl (C=O) groups is 2. The predicted molar refractivity (Wildman–Crippen MR) is 125 cm³/mol. The first-order valence-electron chi connectivity index (χ1n) is 10.6. The lowest BCUT2D eigenvalue weighted by atomic mass is 10.0. The molecule has 34 heavy (non-hydrogen) atoms. The van der Waals surface area contributed by atoms with E-state index in [0.29, 0.717) is 34.9 Å². The van der Waals surface area contributed by atoms with Crippen LogP contribution in [0.2, 0.25) is 0 Å². The van der Waals surface area contributed by atoms with Crippen molar-refractivity contribution in [3.63, 3.8) is 0 Å². The molecule has 0 radical (unpaired) electrons. The summed E-state index contributed by atoms with van der Waals surface area (Å²) in [6.07, 6.45) is -0.0576. The first-order chi connectivity index (χ1) is 16.4. The predicted octanol–water partition coefficient (Wildman–Crippen LogP) is 4.34. The number of hydrogen-bond donors (Lipinski definition) is 1. The van der Waals surface area contributed by atoms with Crippen molar-refractivity contribution in [2.75, 3.05) is 19.5 Å². The van der Waals surface area contributed by atoms with Gasteiger partial charge in [0.05, 0.1) is 31.6 Å². The van der Waals surface area contributed by atoms with Crippen molar-refractivity contribution in [1.29, 1.82) is 0 Å². The van der Waals surface area contributed by atoms with E-state index in [-0.39, 0.29) is 23.9 Å². The van der Waals surface area contributed by atoms with E-state index < -0.39 is 11.0 Å². The lowest BCUT2D eigenvalue weighted by Crippen LogP contribution is -2.32. The zero-order valence-electron chi connectivity index (χ0n) is 18.7. The molecular weight excluding hydrogens is 438 g/mol. The van der Waals surface area contributed by atoms with E-state index in [9.17, 15) is 19.7 Å². The normalized spacial score (nSPS) is 13.2. The number of nitro benzene ring substituents is 1. The van der Waals surface area contributed by atoms with E-state index >= 15 is 0 Å². The molecule has 1 N–H and O–H groups in total. The molecule has 9 nitrogen and oxygen atoms in total. The number of carbonyl (C=O) groups excluding carboxylic acids is 2. The first-order valence-corrected chi connectivity index (χ1v) is 10.6. The molecule has 1 aliphatic rings. The Hall–Kier alpha value is -4.40. The number of nitro groups is 1. The van der Waals surface area contributed by atoms with Crippen molar-refractivity contribution in [3.05, 3.63) is 93.5 Å². The van der Waals surface area contributed by atoms with E-state index in [4.69, 9.17) is 9.47 Å². The third-order valence-electron chi connectivity index (χ3n) is 5.74. The molecule has 0 fully saturated rings. The summed E-state index contributed by atoms with van der Waals surface area (Å²) in [6, 6.07) is 17.7. The maximum absolute atomic E-state index is 13.2. The van der Waals surface area contributed by atoms with Gasteiger partial charge in [0.2, 0.25) is 5.91 Å². The lowest BCUT2D eigenvalue weighted by molar-refractivity contribution is -0.384. The summed E-state index contributed by atoms with van der Waals surface area (Å²) in [6.45, 7) is 0.359. The van der Waals surface area contributed by atoms with Crippen LogP contribution in [0.15, 0.2) is 66.7 Å². The molecular formula is C25H23N3O6. The van der Waals surface area contributed by atoms with Crippen molar-refractivity contribution in [1.82, 2.24) is 4.90 Å². The van der Waals surface area contributed by atoms with Gasteiger partial charge in [0.1, 0.15) is 0 Å². The summed E-state index contributed by atoms with van der Waals surface area (Å²) in [5.74, 6) is 0.456. The SMILES string of the molecule is COc1ccc([C@H](CC(=O)Nc2cccc([N+](=O)[O-])c2)N2Cc3ccccc3C2=O)cc1OC. The molecule has 1 heterocycles. The van der Waals surface area contributed by atoms with E-state index in [2.05, 4.69) is 5.32 Å². The molecule has 1 atom stereocenters. The molecule has 0 spiro atoms. The minimum Gasteiger partial charge on any atom is -0.493 e. The molecule has 9 heteroatoms. The standard InChI is InChI=1S/C25H23N3O6/c1-33-22-11-10-16(12-23(22)34-2)21(27-15-17-6-3-4-9-20(17)25(27)30)14-24(29)26-18-7-5-8-19(13-18)28(31)32/h3-13,21H,14-15H2,1-2H3,(H,26,29)/t21-/m0/s1. The van der Waals surface area contributed by atoms with Gasteiger partial charge in [0, 0.05) is 29.9 Å². The fourth-order valence-corrected chi connectivity index (χ4v) is 4.08. The number of fused-ring (bicyclic) bond motifs is 1. The van der Waals surface area contributed by atoms with Gasteiger partial charge in [-0.2, -0.15) is 0 Å². The number of rotatable bonds is 8. The Morgan fingerprint density at radius 2 is 1.82 bits per heavy atom. The lowest BCUT2D eigenvalue weighted by Gasteiger charge is -2.28. The molecule has 1 aliphatic heterocycles. The van der Waals surface area contributed by atoms with Gasteiger partial charge in [0.25, 0.3) is 11.6 Å². The number of hydrogen-bond acceptors (Lipinski definition) is 6. The van der Waals surface area contributed by atoms with Crippen LogP contribution in [0.1, 0.15) is 33.9 Å². The Morgan fingerprint density at radius 3 is 2.53 bits per heavy atom. The van der Waals surface area contributed by atoms with Crippen LogP contribution in [-0.4, -0.2) is 35.9 Å². The van der Waals surface area contributed by atoms with E-state index in [1.165, 1.54) is 32.4 Å². The second kappa shape index (κ2) is 9.62. The molecule has 0 aromatic heterocycles. The maximum Gasteiger partial charge on any atom is 0.271 e. The van der Waals surface area contributed by atoms with Gasteiger partial charge in [-0.15, -0.1) is 0 Å². The van der Waals surface area contributed by atoms with Crippen LogP contribution in [0, 0.1) is 10.1 Å². The monoisotopic (exact) mass is 461 g/mol. The number of non-ortho nitro benzene ring substituents is 1. The quantitative estimate of drug-likeness (QED) is 0.395. The molecule has 3 aromatic carbocycles. The Morgan fingerprint density at radius 1 is 1.06 bits per heavy atom. The summed E-state index contributed by atoms with van der Waals surface area (Å²) in [4.78, 5) is 38.4. The molecule has 0 bridgehead atoms. The van der Waals surface area contributed by atoms with Crippen LogP contribution < -0.4 is 14.8 Å². The molecule has 0 saturated carbocycles. The Bertz CT molecular complexity index is 1260. The van der Waals surface area contributed by atoms with Crippen molar-refractivity contribution in [2.24, 2.45) is 0 Å². The van der Waals surface area contributed by atoms with Crippen LogP contribution in [-0.2, 0) is 11.3 Å². The van der Waals surface area contributed by atoms with Crippen LogP contribution in [0.5, 0.6) is 11.5 Å². The highest BCUT2D eigenvalue weighted by Crippen LogP contribution is 2.37. The smallest absolute Gasteiger partial charge is 0.271 e. The van der Waals surface area contributed by atoms with Gasteiger partial charge in [-0.1, -0.05) is 30.3 Å². The fourth-order valence-electron chi connectivity index (χ4n) is 4.08. The summed E-state index contributed by atoms with van der Waals surface area (Å²) in [5, 5.41) is 13.8. The van der Waals surface area contributed by atoms with Crippen LogP contribution in [0.25, 0.3) is 0 Å². The van der Waals surface area contributed by atoms with Gasteiger partial charge in [-0.3, -0.25) is 19.7 Å². The van der Waals surface area contributed by atoms with E-state index in [1.54, 1.807) is 41.3 Å². The third-order valence-corrected chi connectivity index (χ3v) is 5.74. The molecule has 4 rings (SSSR count). The second-order valence-corrected chi connectivity index (χ2v) is 7.78. The molecule has 0 unspecified atom stereocenters. The number of amides is 2. The van der Waals surface area contributed by atoms with Crippen molar-refractivity contribution < 1.29 is 24.0 Å². The highest BCUT2D eigenvalue weighted by atomic mass is 16.6. The highest BCUT2D eigenvalue weighted by molar-refractivity contribution is 5.99. The zero-order valence-corrected chi connectivity index (χ0v) is 18.7. The molecule has 174 valence electrons. The van der Waals surface area contributed by atoms with Crippen molar-refractivity contribution in [2.45, 2.75) is 19.0 Å².